The molecule has 0 radical (unpaired) electrons. The molecule has 0 fully saturated rings. The maximum atomic E-state index is 12.1. The first-order valence-corrected chi connectivity index (χ1v) is 6.84. The number of ether oxygens (including phenoxy) is 2. The zero-order valence-corrected chi connectivity index (χ0v) is 13.0. The van der Waals surface area contributed by atoms with Crippen molar-refractivity contribution in [3.8, 4) is 5.75 Å². The van der Waals surface area contributed by atoms with Gasteiger partial charge in [0.15, 0.2) is 6.61 Å². The molecule has 1 unspecified atom stereocenters. The molecule has 0 heterocycles. The fourth-order valence-electron chi connectivity index (χ4n) is 1.81. The van der Waals surface area contributed by atoms with Gasteiger partial charge in [-0.2, -0.15) is 13.2 Å². The van der Waals surface area contributed by atoms with Crippen molar-refractivity contribution >= 4 is 17.5 Å². The number of nitro groups is 2. The molecule has 0 amide bonds. The van der Waals surface area contributed by atoms with Gasteiger partial charge in [-0.15, -0.1) is 0 Å². The molecule has 0 saturated heterocycles. The molecule has 1 aromatic carbocycles. The maximum absolute atomic E-state index is 12.1. The Balaban J connectivity index is 3.32. The summed E-state index contributed by atoms with van der Waals surface area (Å²) in [6.07, 6.45) is -6.24. The van der Waals surface area contributed by atoms with Crippen molar-refractivity contribution < 1.29 is 37.3 Å². The van der Waals surface area contributed by atoms with Crippen LogP contribution in [-0.4, -0.2) is 28.8 Å². The fraction of sp³-hybridized carbons (Fsp3) is 0.462. The van der Waals surface area contributed by atoms with Crippen LogP contribution in [0.1, 0.15) is 31.7 Å². The van der Waals surface area contributed by atoms with Crippen LogP contribution in [0.3, 0.4) is 0 Å². The molecule has 0 aromatic heterocycles. The standard InChI is InChI=1S/C13H13F3N2O7/c1-3-7(2)9-4-8(17(20)21)5-10(18(22)23)11(9)25-12(19)24-6-13(14,15)16/h4-5,7H,3,6H2,1-2H3. The number of nitro benzene ring substituents is 2. The Hall–Kier alpha value is -2.92. The van der Waals surface area contributed by atoms with Gasteiger partial charge in [0.2, 0.25) is 5.75 Å². The second-order valence-electron chi connectivity index (χ2n) is 4.96. The predicted molar refractivity (Wildman–Crippen MR) is 76.5 cm³/mol. The second kappa shape index (κ2) is 7.77. The lowest BCUT2D eigenvalue weighted by molar-refractivity contribution is -0.394. The molecule has 0 N–H and O–H groups in total. The van der Waals surface area contributed by atoms with Crippen LogP contribution in [-0.2, 0) is 4.74 Å². The van der Waals surface area contributed by atoms with Crippen molar-refractivity contribution in [1.82, 2.24) is 0 Å². The summed E-state index contributed by atoms with van der Waals surface area (Å²) in [5.74, 6) is -1.19. The zero-order chi connectivity index (χ0) is 19.4. The van der Waals surface area contributed by atoms with E-state index in [2.05, 4.69) is 9.47 Å². The lowest BCUT2D eigenvalue weighted by atomic mass is 9.96. The summed E-state index contributed by atoms with van der Waals surface area (Å²) in [6.45, 7) is 1.28. The number of hydrogen-bond acceptors (Lipinski definition) is 7. The smallest absolute Gasteiger partial charge is 0.424 e. The molecule has 1 aromatic rings. The van der Waals surface area contributed by atoms with Gasteiger partial charge in [-0.1, -0.05) is 13.8 Å². The maximum Gasteiger partial charge on any atom is 0.514 e. The van der Waals surface area contributed by atoms with Crippen LogP contribution >= 0.6 is 0 Å². The number of benzene rings is 1. The normalized spacial score (nSPS) is 12.4. The first kappa shape index (κ1) is 20.1. The molecular formula is C13H13F3N2O7. The van der Waals surface area contributed by atoms with Crippen LogP contribution in [0.2, 0.25) is 0 Å². The van der Waals surface area contributed by atoms with Gasteiger partial charge in [0.05, 0.1) is 15.9 Å². The van der Waals surface area contributed by atoms with Crippen LogP contribution in [0.15, 0.2) is 12.1 Å². The zero-order valence-electron chi connectivity index (χ0n) is 13.0. The van der Waals surface area contributed by atoms with Crippen LogP contribution in [0.5, 0.6) is 5.75 Å². The Morgan fingerprint density at radius 2 is 1.84 bits per heavy atom. The summed E-state index contributed by atoms with van der Waals surface area (Å²) in [6, 6.07) is 1.52. The SMILES string of the molecule is CCC(C)c1cc([N+](=O)[O-])cc([N+](=O)[O-])c1OC(=O)OCC(F)(F)F. The molecule has 1 atom stereocenters. The summed E-state index contributed by atoms with van der Waals surface area (Å²) in [4.78, 5) is 31.5. The number of alkyl halides is 3. The highest BCUT2D eigenvalue weighted by molar-refractivity contribution is 5.70. The van der Waals surface area contributed by atoms with Crippen molar-refractivity contribution in [2.45, 2.75) is 32.4 Å². The minimum atomic E-state index is -4.81. The molecule has 0 aliphatic rings. The summed E-state index contributed by atoms with van der Waals surface area (Å²) in [7, 11) is 0. The summed E-state index contributed by atoms with van der Waals surface area (Å²) >= 11 is 0. The van der Waals surface area contributed by atoms with Crippen molar-refractivity contribution in [3.63, 3.8) is 0 Å². The molecule has 0 aliphatic heterocycles. The van der Waals surface area contributed by atoms with E-state index in [1.54, 1.807) is 13.8 Å². The molecule has 138 valence electrons. The van der Waals surface area contributed by atoms with E-state index in [9.17, 15) is 38.2 Å². The number of non-ortho nitro benzene ring substituents is 1. The summed E-state index contributed by atoms with van der Waals surface area (Å²) in [5.41, 5.74) is -1.60. The Bertz CT molecular complexity index is 691. The van der Waals surface area contributed by atoms with Crippen molar-refractivity contribution in [1.29, 1.82) is 0 Å². The highest BCUT2D eigenvalue weighted by Crippen LogP contribution is 2.40. The molecular weight excluding hydrogens is 353 g/mol. The highest BCUT2D eigenvalue weighted by Gasteiger charge is 2.33. The Labute approximate surface area is 138 Å². The molecule has 0 aliphatic carbocycles. The number of hydrogen-bond donors (Lipinski definition) is 0. The minimum Gasteiger partial charge on any atom is -0.424 e. The van der Waals surface area contributed by atoms with Crippen LogP contribution in [0.25, 0.3) is 0 Å². The highest BCUT2D eigenvalue weighted by atomic mass is 19.4. The van der Waals surface area contributed by atoms with Crippen molar-refractivity contribution in [2.24, 2.45) is 0 Å². The van der Waals surface area contributed by atoms with Crippen LogP contribution in [0, 0.1) is 20.2 Å². The molecule has 0 bridgehead atoms. The fourth-order valence-corrected chi connectivity index (χ4v) is 1.81. The van der Waals surface area contributed by atoms with Gasteiger partial charge in [-0.25, -0.2) is 4.79 Å². The summed E-state index contributed by atoms with van der Waals surface area (Å²) < 4.78 is 44.6. The van der Waals surface area contributed by atoms with Crippen molar-refractivity contribution in [2.75, 3.05) is 6.61 Å². The third kappa shape index (κ3) is 5.58. The van der Waals surface area contributed by atoms with E-state index in [0.29, 0.717) is 12.5 Å². The van der Waals surface area contributed by atoms with E-state index in [1.807, 2.05) is 0 Å². The van der Waals surface area contributed by atoms with Gasteiger partial charge in [0.1, 0.15) is 0 Å². The monoisotopic (exact) mass is 366 g/mol. The van der Waals surface area contributed by atoms with E-state index in [4.69, 9.17) is 0 Å². The first-order valence-electron chi connectivity index (χ1n) is 6.84. The van der Waals surface area contributed by atoms with Gasteiger partial charge in [-0.05, 0) is 12.3 Å². The van der Waals surface area contributed by atoms with Crippen molar-refractivity contribution in [3.05, 3.63) is 37.9 Å². The number of carbonyl (C=O) groups excluding carboxylic acids is 1. The Kier molecular flexibility index (Phi) is 6.25. The number of halogens is 3. The first-order chi connectivity index (χ1) is 11.5. The quantitative estimate of drug-likeness (QED) is 0.321. The molecule has 25 heavy (non-hydrogen) atoms. The molecule has 1 rings (SSSR count). The minimum absolute atomic E-state index is 0.0626. The average Bonchev–Trinajstić information content (AvgIpc) is 2.51. The van der Waals surface area contributed by atoms with E-state index in [-0.39, 0.29) is 5.56 Å². The van der Waals surface area contributed by atoms with Gasteiger partial charge >= 0.3 is 18.0 Å². The largest absolute Gasteiger partial charge is 0.514 e. The molecule has 0 spiro atoms. The van der Waals surface area contributed by atoms with Gasteiger partial charge in [-0.3, -0.25) is 20.2 Å². The second-order valence-corrected chi connectivity index (χ2v) is 4.96. The number of rotatable bonds is 6. The Morgan fingerprint density at radius 3 is 2.28 bits per heavy atom. The molecule has 0 saturated carbocycles. The van der Waals surface area contributed by atoms with Crippen LogP contribution in [0.4, 0.5) is 29.3 Å². The predicted octanol–water partition coefficient (Wildman–Crippen LogP) is 4.09. The number of carbonyl (C=O) groups is 1. The van der Waals surface area contributed by atoms with Gasteiger partial charge < -0.3 is 9.47 Å². The van der Waals surface area contributed by atoms with Gasteiger partial charge in [0, 0.05) is 11.6 Å². The van der Waals surface area contributed by atoms with E-state index in [0.717, 1.165) is 6.07 Å². The molecule has 9 nitrogen and oxygen atoms in total. The van der Waals surface area contributed by atoms with E-state index in [1.165, 1.54) is 0 Å². The van der Waals surface area contributed by atoms with Crippen LogP contribution < -0.4 is 4.74 Å². The van der Waals surface area contributed by atoms with E-state index < -0.39 is 51.8 Å². The van der Waals surface area contributed by atoms with Gasteiger partial charge in [0.25, 0.3) is 5.69 Å². The Morgan fingerprint density at radius 1 is 1.24 bits per heavy atom. The topological polar surface area (TPSA) is 122 Å². The lowest BCUT2D eigenvalue weighted by Crippen LogP contribution is -2.22. The lowest BCUT2D eigenvalue weighted by Gasteiger charge is -2.15. The van der Waals surface area contributed by atoms with E-state index >= 15 is 0 Å². The summed E-state index contributed by atoms with van der Waals surface area (Å²) in [5, 5.41) is 22.0. The third-order valence-electron chi connectivity index (χ3n) is 3.17. The molecule has 12 heteroatoms. The number of nitrogens with zero attached hydrogens (tertiary/aromatic N) is 2. The average molecular weight is 366 g/mol. The third-order valence-corrected chi connectivity index (χ3v) is 3.17.